The molecule has 4 saturated carbocycles. The minimum atomic E-state index is -6.18. The van der Waals surface area contributed by atoms with Crippen LogP contribution in [0.2, 0.25) is 0 Å². The highest BCUT2D eigenvalue weighted by atomic mass is 32.2. The molecule has 0 radical (unpaired) electrons. The Balaban J connectivity index is 1.90. The van der Waals surface area contributed by atoms with E-state index in [1.807, 2.05) is 0 Å². The number of hydrogen-bond acceptors (Lipinski definition) is 3. The Labute approximate surface area is 124 Å². The minimum Gasteiger partial charge on any atom is -0.390 e. The predicted molar refractivity (Wildman–Crippen MR) is 65.4 cm³/mol. The van der Waals surface area contributed by atoms with E-state index >= 15 is 0 Å². The van der Waals surface area contributed by atoms with Crippen molar-refractivity contribution in [3.05, 3.63) is 0 Å². The van der Waals surface area contributed by atoms with E-state index in [0.717, 1.165) is 6.42 Å². The van der Waals surface area contributed by atoms with Gasteiger partial charge >= 0.3 is 11.4 Å². The van der Waals surface area contributed by atoms with Gasteiger partial charge in [0, 0.05) is 5.54 Å². The maximum atomic E-state index is 13.3. The molecule has 4 rings (SSSR count). The minimum absolute atomic E-state index is 0.0477. The molecule has 0 aromatic carbocycles. The molecule has 10 heteroatoms. The largest absolute Gasteiger partial charge is 0.470 e. The van der Waals surface area contributed by atoms with Crippen molar-refractivity contribution in [1.82, 2.24) is 4.72 Å². The first-order valence-corrected chi connectivity index (χ1v) is 8.46. The van der Waals surface area contributed by atoms with Gasteiger partial charge < -0.3 is 5.11 Å². The Morgan fingerprint density at radius 3 is 1.91 bits per heavy atom. The number of rotatable bonds is 3. The number of nitrogens with one attached hydrogen (secondary N) is 1. The lowest BCUT2D eigenvalue weighted by Gasteiger charge is -2.60. The molecule has 4 aliphatic carbocycles. The van der Waals surface area contributed by atoms with Gasteiger partial charge in [-0.25, -0.2) is 13.1 Å². The summed E-state index contributed by atoms with van der Waals surface area (Å²) in [6, 6.07) is 0. The van der Waals surface area contributed by atoms with E-state index in [-0.39, 0.29) is 31.1 Å². The van der Waals surface area contributed by atoms with Crippen LogP contribution in [0, 0.1) is 11.8 Å². The summed E-state index contributed by atoms with van der Waals surface area (Å²) in [6.45, 7) is 0. The summed E-state index contributed by atoms with van der Waals surface area (Å²) in [7, 11) is -5.93. The Bertz CT molecular complexity index is 574. The van der Waals surface area contributed by atoms with Gasteiger partial charge in [0.2, 0.25) is 0 Å². The van der Waals surface area contributed by atoms with Crippen LogP contribution in [0.1, 0.15) is 38.5 Å². The Kier molecular flexibility index (Phi) is 3.22. The van der Waals surface area contributed by atoms with E-state index in [1.165, 1.54) is 0 Å². The van der Waals surface area contributed by atoms with E-state index in [9.17, 15) is 35.5 Å². The number of halogens is 5. The second-order valence-corrected chi connectivity index (χ2v) is 8.81. The smallest absolute Gasteiger partial charge is 0.390 e. The number of sulfonamides is 1. The lowest BCUT2D eigenvalue weighted by atomic mass is 9.51. The first kappa shape index (κ1) is 16.4. The second kappa shape index (κ2) is 4.32. The van der Waals surface area contributed by atoms with Crippen LogP contribution in [0.3, 0.4) is 0 Å². The molecule has 2 N–H and O–H groups in total. The summed E-state index contributed by atoms with van der Waals surface area (Å²) >= 11 is 0. The molecular weight excluding hydrogens is 333 g/mol. The van der Waals surface area contributed by atoms with E-state index in [4.69, 9.17) is 0 Å². The molecule has 0 saturated heterocycles. The second-order valence-electron chi connectivity index (χ2n) is 7.09. The van der Waals surface area contributed by atoms with Gasteiger partial charge in [-0.15, -0.1) is 0 Å². The SMILES string of the molecule is O=S(=O)(NC12CC3CC(CC(O)(C3)C1)C2)C(F)(F)C(F)(F)F. The van der Waals surface area contributed by atoms with Crippen LogP contribution in [0.25, 0.3) is 0 Å². The molecule has 0 aromatic rings. The fourth-order valence-electron chi connectivity index (χ4n) is 4.84. The lowest BCUT2D eigenvalue weighted by molar-refractivity contribution is -0.242. The summed E-state index contributed by atoms with van der Waals surface area (Å²) in [4.78, 5) is 0. The summed E-state index contributed by atoms with van der Waals surface area (Å²) < 4.78 is 88.4. The summed E-state index contributed by atoms with van der Waals surface area (Å²) in [6.07, 6.45) is -4.26. The van der Waals surface area contributed by atoms with E-state index in [2.05, 4.69) is 0 Å². The van der Waals surface area contributed by atoms with Crippen LogP contribution in [-0.4, -0.2) is 36.1 Å². The molecule has 2 atom stereocenters. The van der Waals surface area contributed by atoms with Gasteiger partial charge in [-0.3, -0.25) is 0 Å². The number of alkyl halides is 5. The molecule has 0 amide bonds. The van der Waals surface area contributed by atoms with E-state index < -0.39 is 32.6 Å². The third kappa shape index (κ3) is 2.34. The lowest BCUT2D eigenvalue weighted by Crippen LogP contribution is -2.67. The third-order valence-electron chi connectivity index (χ3n) is 5.05. The van der Waals surface area contributed by atoms with Gasteiger partial charge in [0.25, 0.3) is 10.0 Å². The molecule has 0 aromatic heterocycles. The van der Waals surface area contributed by atoms with Gasteiger partial charge in [0.1, 0.15) is 0 Å². The molecule has 0 heterocycles. The van der Waals surface area contributed by atoms with Crippen molar-refractivity contribution >= 4 is 10.0 Å². The van der Waals surface area contributed by atoms with E-state index in [1.54, 1.807) is 4.72 Å². The maximum Gasteiger partial charge on any atom is 0.470 e. The van der Waals surface area contributed by atoms with Crippen LogP contribution in [0.15, 0.2) is 0 Å². The van der Waals surface area contributed by atoms with Crippen LogP contribution < -0.4 is 4.72 Å². The fourth-order valence-corrected chi connectivity index (χ4v) is 6.08. The standard InChI is InChI=1S/C12H16F5NO3S/c13-11(14,15)12(16,17)22(20,21)18-9-2-7-1-8(3-9)5-10(19,4-7)6-9/h7-8,18-19H,1-6H2. The van der Waals surface area contributed by atoms with Crippen LogP contribution in [0.4, 0.5) is 22.0 Å². The quantitative estimate of drug-likeness (QED) is 0.768. The van der Waals surface area contributed by atoms with Gasteiger partial charge in [-0.2, -0.15) is 22.0 Å². The molecule has 4 bridgehead atoms. The molecule has 0 aliphatic heterocycles. The third-order valence-corrected chi connectivity index (χ3v) is 6.66. The monoisotopic (exact) mass is 349 g/mol. The van der Waals surface area contributed by atoms with Crippen molar-refractivity contribution in [1.29, 1.82) is 0 Å². The van der Waals surface area contributed by atoms with Crippen LogP contribution >= 0.6 is 0 Å². The Morgan fingerprint density at radius 2 is 1.50 bits per heavy atom. The van der Waals surface area contributed by atoms with Crippen molar-refractivity contribution in [3.63, 3.8) is 0 Å². The van der Waals surface area contributed by atoms with E-state index in [0.29, 0.717) is 12.8 Å². The average molecular weight is 349 g/mol. The van der Waals surface area contributed by atoms with Gasteiger partial charge in [-0.1, -0.05) is 0 Å². The zero-order valence-electron chi connectivity index (χ0n) is 11.5. The molecule has 2 unspecified atom stereocenters. The van der Waals surface area contributed by atoms with Crippen molar-refractivity contribution in [2.24, 2.45) is 11.8 Å². The Morgan fingerprint density at radius 1 is 1.00 bits per heavy atom. The van der Waals surface area contributed by atoms with Crippen LogP contribution in [0.5, 0.6) is 0 Å². The highest BCUT2D eigenvalue weighted by Gasteiger charge is 2.69. The molecule has 128 valence electrons. The average Bonchev–Trinajstić information content (AvgIpc) is 2.21. The van der Waals surface area contributed by atoms with Crippen molar-refractivity contribution in [2.45, 2.75) is 61.1 Å². The molecule has 4 fully saturated rings. The Hall–Kier alpha value is -0.480. The zero-order valence-corrected chi connectivity index (χ0v) is 12.3. The molecule has 4 nitrogen and oxygen atoms in total. The zero-order chi connectivity index (χ0) is 16.6. The summed E-state index contributed by atoms with van der Waals surface area (Å²) in [5.74, 6) is -0.0954. The van der Waals surface area contributed by atoms with Gasteiger partial charge in [-0.05, 0) is 50.4 Å². The predicted octanol–water partition coefficient (Wildman–Crippen LogP) is 2.14. The van der Waals surface area contributed by atoms with Crippen molar-refractivity contribution < 1.29 is 35.5 Å². The summed E-state index contributed by atoms with van der Waals surface area (Å²) in [5, 5.41) is 4.53. The highest BCUT2D eigenvalue weighted by molar-refractivity contribution is 7.90. The fraction of sp³-hybridized carbons (Fsp3) is 1.00. The molecule has 22 heavy (non-hydrogen) atoms. The first-order chi connectivity index (χ1) is 9.78. The van der Waals surface area contributed by atoms with Crippen molar-refractivity contribution in [3.8, 4) is 0 Å². The molecule has 0 spiro atoms. The maximum absolute atomic E-state index is 13.3. The van der Waals surface area contributed by atoms with Gasteiger partial charge in [0.15, 0.2) is 0 Å². The molecule has 4 aliphatic rings. The highest BCUT2D eigenvalue weighted by Crippen LogP contribution is 2.58. The molecular formula is C12H16F5NO3S. The van der Waals surface area contributed by atoms with Crippen LogP contribution in [-0.2, 0) is 10.0 Å². The van der Waals surface area contributed by atoms with Gasteiger partial charge in [0.05, 0.1) is 5.60 Å². The van der Waals surface area contributed by atoms with Crippen molar-refractivity contribution in [2.75, 3.05) is 0 Å². The summed E-state index contributed by atoms with van der Waals surface area (Å²) in [5.41, 5.74) is -2.56. The first-order valence-electron chi connectivity index (χ1n) is 6.98. The topological polar surface area (TPSA) is 66.4 Å². The number of aliphatic hydroxyl groups is 1. The number of hydrogen-bond donors (Lipinski definition) is 2. The normalized spacial score (nSPS) is 41.9.